The van der Waals surface area contributed by atoms with Gasteiger partial charge in [-0.2, -0.15) is 5.10 Å². The van der Waals surface area contributed by atoms with Crippen LogP contribution in [-0.2, 0) is 13.1 Å². The quantitative estimate of drug-likeness (QED) is 0.581. The lowest BCUT2D eigenvalue weighted by Crippen LogP contribution is -2.15. The predicted octanol–water partition coefficient (Wildman–Crippen LogP) is 2.97. The van der Waals surface area contributed by atoms with Gasteiger partial charge < -0.3 is 5.32 Å². The zero-order valence-corrected chi connectivity index (χ0v) is 11.6. The molecule has 0 atom stereocenters. The van der Waals surface area contributed by atoms with E-state index in [1.165, 1.54) is 23.3 Å². The SMILES string of the molecule is C=C(C)CCn1nc(C)c(CNCCC)c1C. The Labute approximate surface area is 105 Å². The van der Waals surface area contributed by atoms with Crippen molar-refractivity contribution in [3.05, 3.63) is 29.1 Å². The van der Waals surface area contributed by atoms with Crippen LogP contribution in [0.4, 0.5) is 0 Å². The van der Waals surface area contributed by atoms with Crippen LogP contribution < -0.4 is 5.32 Å². The highest BCUT2D eigenvalue weighted by molar-refractivity contribution is 5.24. The molecule has 0 aliphatic carbocycles. The van der Waals surface area contributed by atoms with Crippen molar-refractivity contribution in [2.45, 2.75) is 53.6 Å². The van der Waals surface area contributed by atoms with E-state index in [0.29, 0.717) is 0 Å². The smallest absolute Gasteiger partial charge is 0.0641 e. The molecule has 0 radical (unpaired) electrons. The molecule has 0 unspecified atom stereocenters. The van der Waals surface area contributed by atoms with Crippen molar-refractivity contribution in [3.8, 4) is 0 Å². The Morgan fingerprint density at radius 1 is 1.41 bits per heavy atom. The molecule has 1 N–H and O–H groups in total. The summed E-state index contributed by atoms with van der Waals surface area (Å²) in [5, 5.41) is 8.04. The van der Waals surface area contributed by atoms with Gasteiger partial charge in [-0.3, -0.25) is 4.68 Å². The maximum Gasteiger partial charge on any atom is 0.0641 e. The third-order valence-electron chi connectivity index (χ3n) is 3.01. The van der Waals surface area contributed by atoms with E-state index in [4.69, 9.17) is 0 Å². The molecule has 0 saturated heterocycles. The first kappa shape index (κ1) is 14.0. The molecule has 0 amide bonds. The molecule has 0 aliphatic rings. The molecule has 0 aromatic carbocycles. The first-order chi connectivity index (χ1) is 8.06. The number of hydrogen-bond acceptors (Lipinski definition) is 2. The van der Waals surface area contributed by atoms with Gasteiger partial charge in [-0.15, -0.1) is 6.58 Å². The Morgan fingerprint density at radius 2 is 2.12 bits per heavy atom. The maximum atomic E-state index is 4.60. The second kappa shape index (κ2) is 6.60. The summed E-state index contributed by atoms with van der Waals surface area (Å²) in [5.41, 5.74) is 4.99. The van der Waals surface area contributed by atoms with Crippen LogP contribution in [0, 0.1) is 13.8 Å². The number of allylic oxidation sites excluding steroid dienone is 1. The molecule has 0 aliphatic heterocycles. The number of nitrogens with zero attached hydrogens (tertiary/aromatic N) is 2. The van der Waals surface area contributed by atoms with Gasteiger partial charge in [-0.05, 0) is 40.2 Å². The lowest BCUT2D eigenvalue weighted by molar-refractivity contribution is 0.590. The van der Waals surface area contributed by atoms with Crippen LogP contribution in [0.15, 0.2) is 12.2 Å². The van der Waals surface area contributed by atoms with Gasteiger partial charge in [0, 0.05) is 24.3 Å². The molecule has 1 aromatic rings. The van der Waals surface area contributed by atoms with Crippen molar-refractivity contribution < 1.29 is 0 Å². The maximum absolute atomic E-state index is 4.60. The first-order valence-corrected chi connectivity index (χ1v) is 6.44. The van der Waals surface area contributed by atoms with Crippen molar-refractivity contribution in [2.75, 3.05) is 6.54 Å². The Balaban J connectivity index is 2.68. The van der Waals surface area contributed by atoms with Crippen molar-refractivity contribution in [3.63, 3.8) is 0 Å². The zero-order chi connectivity index (χ0) is 12.8. The average molecular weight is 235 g/mol. The molecular formula is C14H25N3. The van der Waals surface area contributed by atoms with Crippen LogP contribution in [0.1, 0.15) is 43.6 Å². The Morgan fingerprint density at radius 3 is 2.71 bits per heavy atom. The van der Waals surface area contributed by atoms with Crippen molar-refractivity contribution >= 4 is 0 Å². The fourth-order valence-electron chi connectivity index (χ4n) is 1.89. The highest BCUT2D eigenvalue weighted by atomic mass is 15.3. The largest absolute Gasteiger partial charge is 0.313 e. The Bertz CT molecular complexity index is 377. The van der Waals surface area contributed by atoms with Gasteiger partial charge in [0.05, 0.1) is 5.69 Å². The van der Waals surface area contributed by atoms with Gasteiger partial charge in [0.25, 0.3) is 0 Å². The fourth-order valence-corrected chi connectivity index (χ4v) is 1.89. The summed E-state index contributed by atoms with van der Waals surface area (Å²) in [6.45, 7) is 15.4. The second-order valence-electron chi connectivity index (χ2n) is 4.76. The average Bonchev–Trinajstić information content (AvgIpc) is 2.53. The molecule has 1 heterocycles. The van der Waals surface area contributed by atoms with E-state index in [0.717, 1.165) is 31.7 Å². The normalized spacial score (nSPS) is 10.8. The van der Waals surface area contributed by atoms with E-state index in [9.17, 15) is 0 Å². The highest BCUT2D eigenvalue weighted by Gasteiger charge is 2.10. The van der Waals surface area contributed by atoms with Gasteiger partial charge >= 0.3 is 0 Å². The van der Waals surface area contributed by atoms with E-state index >= 15 is 0 Å². The van der Waals surface area contributed by atoms with E-state index < -0.39 is 0 Å². The third-order valence-corrected chi connectivity index (χ3v) is 3.01. The molecule has 17 heavy (non-hydrogen) atoms. The summed E-state index contributed by atoms with van der Waals surface area (Å²) in [4.78, 5) is 0. The van der Waals surface area contributed by atoms with Gasteiger partial charge in [0.2, 0.25) is 0 Å². The number of hydrogen-bond donors (Lipinski definition) is 1. The third kappa shape index (κ3) is 4.00. The van der Waals surface area contributed by atoms with Crippen molar-refractivity contribution in [2.24, 2.45) is 0 Å². The lowest BCUT2D eigenvalue weighted by atomic mass is 10.2. The number of aromatic nitrogens is 2. The van der Waals surface area contributed by atoms with Gasteiger partial charge in [-0.25, -0.2) is 0 Å². The summed E-state index contributed by atoms with van der Waals surface area (Å²) >= 11 is 0. The summed E-state index contributed by atoms with van der Waals surface area (Å²) in [7, 11) is 0. The summed E-state index contributed by atoms with van der Waals surface area (Å²) in [6, 6.07) is 0. The fraction of sp³-hybridized carbons (Fsp3) is 0.643. The van der Waals surface area contributed by atoms with Gasteiger partial charge in [0.1, 0.15) is 0 Å². The van der Waals surface area contributed by atoms with E-state index in [1.54, 1.807) is 0 Å². The minimum atomic E-state index is 0.929. The molecular weight excluding hydrogens is 210 g/mol. The lowest BCUT2D eigenvalue weighted by Gasteiger charge is -2.06. The first-order valence-electron chi connectivity index (χ1n) is 6.44. The predicted molar refractivity (Wildman–Crippen MR) is 73.1 cm³/mol. The van der Waals surface area contributed by atoms with Crippen LogP contribution in [-0.4, -0.2) is 16.3 Å². The molecule has 96 valence electrons. The van der Waals surface area contributed by atoms with E-state index in [2.05, 4.69) is 49.4 Å². The minimum absolute atomic E-state index is 0.929. The summed E-state index contributed by atoms with van der Waals surface area (Å²) in [6.07, 6.45) is 2.17. The monoisotopic (exact) mass is 235 g/mol. The van der Waals surface area contributed by atoms with Crippen LogP contribution in [0.3, 0.4) is 0 Å². The van der Waals surface area contributed by atoms with Gasteiger partial charge in [0.15, 0.2) is 0 Å². The second-order valence-corrected chi connectivity index (χ2v) is 4.76. The van der Waals surface area contributed by atoms with Crippen LogP contribution in [0.25, 0.3) is 0 Å². The standard InChI is InChI=1S/C14H25N3/c1-6-8-15-10-14-12(4)16-17(13(14)5)9-7-11(2)3/h15H,2,6-10H2,1,3-5H3. The van der Waals surface area contributed by atoms with Crippen LogP contribution in [0.2, 0.25) is 0 Å². The molecule has 1 aromatic heterocycles. The zero-order valence-electron chi connectivity index (χ0n) is 11.6. The van der Waals surface area contributed by atoms with Crippen LogP contribution in [0.5, 0.6) is 0 Å². The minimum Gasteiger partial charge on any atom is -0.313 e. The van der Waals surface area contributed by atoms with Crippen molar-refractivity contribution in [1.29, 1.82) is 0 Å². The number of nitrogens with one attached hydrogen (secondary N) is 1. The van der Waals surface area contributed by atoms with Crippen LogP contribution >= 0.6 is 0 Å². The number of aryl methyl sites for hydroxylation is 2. The molecule has 3 nitrogen and oxygen atoms in total. The topological polar surface area (TPSA) is 29.9 Å². The molecule has 0 spiro atoms. The summed E-state index contributed by atoms with van der Waals surface area (Å²) < 4.78 is 2.10. The van der Waals surface area contributed by atoms with Crippen molar-refractivity contribution in [1.82, 2.24) is 15.1 Å². The van der Waals surface area contributed by atoms with E-state index in [1.807, 2.05) is 0 Å². The van der Waals surface area contributed by atoms with E-state index in [-0.39, 0.29) is 0 Å². The summed E-state index contributed by atoms with van der Waals surface area (Å²) in [5.74, 6) is 0. The molecule has 0 bridgehead atoms. The molecule has 0 fully saturated rings. The molecule has 3 heteroatoms. The Kier molecular flexibility index (Phi) is 5.42. The number of rotatable bonds is 7. The highest BCUT2D eigenvalue weighted by Crippen LogP contribution is 2.14. The van der Waals surface area contributed by atoms with Gasteiger partial charge in [-0.1, -0.05) is 12.5 Å². The Hall–Kier alpha value is -1.09. The molecule has 1 rings (SSSR count). The molecule has 0 saturated carbocycles.